The van der Waals surface area contributed by atoms with Gasteiger partial charge >= 0.3 is 0 Å². The number of thioether (sulfide) groups is 1. The van der Waals surface area contributed by atoms with Gasteiger partial charge in [-0.05, 0) is 55.9 Å². The van der Waals surface area contributed by atoms with Crippen molar-refractivity contribution in [1.29, 1.82) is 0 Å². The van der Waals surface area contributed by atoms with Crippen molar-refractivity contribution in [2.75, 3.05) is 25.2 Å². The van der Waals surface area contributed by atoms with Gasteiger partial charge in [-0.1, -0.05) is 6.07 Å². The molecule has 106 valence electrons. The molecular weight excluding hydrogens is 261 g/mol. The zero-order valence-electron chi connectivity index (χ0n) is 11.6. The minimum absolute atomic E-state index is 0.0225. The third-order valence-corrected chi connectivity index (χ3v) is 4.77. The molecule has 1 atom stereocenters. The normalized spacial score (nSPS) is 18.3. The summed E-state index contributed by atoms with van der Waals surface area (Å²) in [5.74, 6) is 3.66. The molecule has 1 N–H and O–H groups in total. The molecule has 0 saturated carbocycles. The number of benzene rings is 1. The van der Waals surface area contributed by atoms with Crippen LogP contribution in [0.4, 0.5) is 4.39 Å². The fourth-order valence-corrected chi connectivity index (χ4v) is 3.72. The molecular formula is C15H22FNOS. The molecule has 19 heavy (non-hydrogen) atoms. The lowest BCUT2D eigenvalue weighted by atomic mass is 10.0. The number of halogens is 1. The lowest BCUT2D eigenvalue weighted by Gasteiger charge is -2.24. The van der Waals surface area contributed by atoms with E-state index in [4.69, 9.17) is 4.74 Å². The number of rotatable bonds is 5. The highest BCUT2D eigenvalue weighted by molar-refractivity contribution is 7.99. The maximum absolute atomic E-state index is 13.9. The summed E-state index contributed by atoms with van der Waals surface area (Å²) in [6.45, 7) is 2.96. The van der Waals surface area contributed by atoms with Crippen LogP contribution in [-0.4, -0.2) is 25.2 Å². The Labute approximate surface area is 119 Å². The minimum Gasteiger partial charge on any atom is -0.496 e. The average Bonchev–Trinajstić information content (AvgIpc) is 2.45. The fraction of sp³-hybridized carbons (Fsp3) is 0.600. The standard InChI is InChI=1S/C15H22FNOS/c1-11(17-10-12-6-8-19-9-7-12)15-13(16)4-3-5-14(15)18-2/h3-5,11-12,17H,6-10H2,1-2H3. The average molecular weight is 283 g/mol. The SMILES string of the molecule is COc1cccc(F)c1C(C)NCC1CCSCC1. The van der Waals surface area contributed by atoms with Crippen LogP contribution < -0.4 is 10.1 Å². The Morgan fingerprint density at radius 3 is 2.84 bits per heavy atom. The van der Waals surface area contributed by atoms with Crippen molar-refractivity contribution in [3.8, 4) is 5.75 Å². The van der Waals surface area contributed by atoms with Gasteiger partial charge in [0.15, 0.2) is 0 Å². The van der Waals surface area contributed by atoms with E-state index in [2.05, 4.69) is 5.32 Å². The van der Waals surface area contributed by atoms with Crippen LogP contribution in [0.3, 0.4) is 0 Å². The van der Waals surface area contributed by atoms with Crippen LogP contribution in [0.25, 0.3) is 0 Å². The van der Waals surface area contributed by atoms with Crippen molar-refractivity contribution in [3.63, 3.8) is 0 Å². The first kappa shape index (κ1) is 14.7. The predicted molar refractivity (Wildman–Crippen MR) is 79.4 cm³/mol. The molecule has 0 spiro atoms. The Morgan fingerprint density at radius 2 is 2.16 bits per heavy atom. The van der Waals surface area contributed by atoms with Gasteiger partial charge in [0.25, 0.3) is 0 Å². The molecule has 2 rings (SSSR count). The van der Waals surface area contributed by atoms with E-state index in [9.17, 15) is 4.39 Å². The van der Waals surface area contributed by atoms with Crippen molar-refractivity contribution >= 4 is 11.8 Å². The molecule has 1 fully saturated rings. The van der Waals surface area contributed by atoms with Gasteiger partial charge in [0.2, 0.25) is 0 Å². The molecule has 0 amide bonds. The van der Waals surface area contributed by atoms with E-state index in [1.807, 2.05) is 24.8 Å². The molecule has 1 heterocycles. The van der Waals surface area contributed by atoms with Gasteiger partial charge in [-0.15, -0.1) is 0 Å². The molecule has 0 aliphatic carbocycles. The number of methoxy groups -OCH3 is 1. The first-order chi connectivity index (χ1) is 9.22. The van der Waals surface area contributed by atoms with Crippen molar-refractivity contribution in [1.82, 2.24) is 5.32 Å². The van der Waals surface area contributed by atoms with Crippen molar-refractivity contribution in [3.05, 3.63) is 29.6 Å². The number of hydrogen-bond acceptors (Lipinski definition) is 3. The van der Waals surface area contributed by atoms with Crippen molar-refractivity contribution < 1.29 is 9.13 Å². The van der Waals surface area contributed by atoms with E-state index < -0.39 is 0 Å². The fourth-order valence-electron chi connectivity index (χ4n) is 2.51. The Bertz CT molecular complexity index is 407. The molecule has 2 nitrogen and oxygen atoms in total. The quantitative estimate of drug-likeness (QED) is 0.891. The van der Waals surface area contributed by atoms with Crippen LogP contribution in [0.15, 0.2) is 18.2 Å². The smallest absolute Gasteiger partial charge is 0.131 e. The molecule has 1 aromatic carbocycles. The Hall–Kier alpha value is -0.740. The van der Waals surface area contributed by atoms with Crippen LogP contribution >= 0.6 is 11.8 Å². The lowest BCUT2D eigenvalue weighted by molar-refractivity contribution is 0.380. The van der Waals surface area contributed by atoms with Crippen molar-refractivity contribution in [2.45, 2.75) is 25.8 Å². The molecule has 1 aromatic rings. The van der Waals surface area contributed by atoms with Crippen LogP contribution in [0.5, 0.6) is 5.75 Å². The third-order valence-electron chi connectivity index (χ3n) is 3.72. The van der Waals surface area contributed by atoms with Gasteiger partial charge in [0.05, 0.1) is 7.11 Å². The van der Waals surface area contributed by atoms with Crippen LogP contribution in [0.1, 0.15) is 31.4 Å². The van der Waals surface area contributed by atoms with Gasteiger partial charge in [0, 0.05) is 11.6 Å². The maximum Gasteiger partial charge on any atom is 0.131 e. The van der Waals surface area contributed by atoms with Crippen LogP contribution in [-0.2, 0) is 0 Å². The Morgan fingerprint density at radius 1 is 1.42 bits per heavy atom. The Kier molecular flexibility index (Phi) is 5.52. The van der Waals surface area contributed by atoms with Crippen LogP contribution in [0.2, 0.25) is 0 Å². The first-order valence-corrected chi connectivity index (χ1v) is 8.01. The van der Waals surface area contributed by atoms with Crippen molar-refractivity contribution in [2.24, 2.45) is 5.92 Å². The summed E-state index contributed by atoms with van der Waals surface area (Å²) in [5, 5.41) is 3.45. The predicted octanol–water partition coefficient (Wildman–Crippen LogP) is 3.63. The summed E-state index contributed by atoms with van der Waals surface area (Å²) < 4.78 is 19.2. The summed E-state index contributed by atoms with van der Waals surface area (Å²) in [6.07, 6.45) is 2.53. The van der Waals surface area contributed by atoms with E-state index in [0.717, 1.165) is 12.5 Å². The summed E-state index contributed by atoms with van der Waals surface area (Å²) in [4.78, 5) is 0. The number of nitrogens with one attached hydrogen (secondary N) is 1. The molecule has 1 saturated heterocycles. The highest BCUT2D eigenvalue weighted by Gasteiger charge is 2.19. The monoisotopic (exact) mass is 283 g/mol. The molecule has 1 unspecified atom stereocenters. The third kappa shape index (κ3) is 3.86. The number of hydrogen-bond donors (Lipinski definition) is 1. The zero-order valence-corrected chi connectivity index (χ0v) is 12.4. The molecule has 0 radical (unpaired) electrons. The summed E-state index contributed by atoms with van der Waals surface area (Å²) >= 11 is 2.03. The van der Waals surface area contributed by atoms with E-state index in [1.54, 1.807) is 13.2 Å². The summed E-state index contributed by atoms with van der Waals surface area (Å²) in [7, 11) is 1.59. The van der Waals surface area contributed by atoms with Gasteiger partial charge in [-0.2, -0.15) is 11.8 Å². The maximum atomic E-state index is 13.9. The topological polar surface area (TPSA) is 21.3 Å². The van der Waals surface area contributed by atoms with Gasteiger partial charge in [0.1, 0.15) is 11.6 Å². The van der Waals surface area contributed by atoms with E-state index >= 15 is 0 Å². The first-order valence-electron chi connectivity index (χ1n) is 6.86. The zero-order chi connectivity index (χ0) is 13.7. The number of ether oxygens (including phenoxy) is 1. The highest BCUT2D eigenvalue weighted by atomic mass is 32.2. The Balaban J connectivity index is 1.97. The van der Waals surface area contributed by atoms with E-state index in [0.29, 0.717) is 11.3 Å². The molecule has 1 aliphatic heterocycles. The minimum atomic E-state index is -0.196. The lowest BCUT2D eigenvalue weighted by Crippen LogP contribution is -2.28. The van der Waals surface area contributed by atoms with Crippen LogP contribution in [0, 0.1) is 11.7 Å². The molecule has 4 heteroatoms. The van der Waals surface area contributed by atoms with Gasteiger partial charge in [-0.3, -0.25) is 0 Å². The van der Waals surface area contributed by atoms with Gasteiger partial charge in [-0.25, -0.2) is 4.39 Å². The largest absolute Gasteiger partial charge is 0.496 e. The second-order valence-corrected chi connectivity index (χ2v) is 6.27. The molecule has 0 aromatic heterocycles. The highest BCUT2D eigenvalue weighted by Crippen LogP contribution is 2.28. The van der Waals surface area contributed by atoms with Gasteiger partial charge < -0.3 is 10.1 Å². The molecule has 1 aliphatic rings. The van der Waals surface area contributed by atoms with E-state index in [1.165, 1.54) is 30.4 Å². The summed E-state index contributed by atoms with van der Waals surface area (Å²) in [5.41, 5.74) is 0.634. The second-order valence-electron chi connectivity index (χ2n) is 5.04. The van der Waals surface area contributed by atoms with E-state index in [-0.39, 0.29) is 11.9 Å². The second kappa shape index (κ2) is 7.15. The molecule has 0 bridgehead atoms. The summed E-state index contributed by atoms with van der Waals surface area (Å²) in [6, 6.07) is 4.97.